The predicted molar refractivity (Wildman–Crippen MR) is 68.0 cm³/mol. The number of benzene rings is 1. The molecule has 0 heterocycles. The Morgan fingerprint density at radius 1 is 1.18 bits per heavy atom. The molecule has 2 rings (SSSR count). The maximum absolute atomic E-state index is 11.9. The molecule has 0 saturated heterocycles. The summed E-state index contributed by atoms with van der Waals surface area (Å²) in [6, 6.07) is 7.81. The van der Waals surface area contributed by atoms with Crippen molar-refractivity contribution in [3.63, 3.8) is 0 Å². The first-order chi connectivity index (χ1) is 8.29. The quantitative estimate of drug-likeness (QED) is 0.586. The van der Waals surface area contributed by atoms with Crippen molar-refractivity contribution in [1.82, 2.24) is 0 Å². The minimum atomic E-state index is -0.0473. The molecule has 0 atom stereocenters. The molecule has 0 amide bonds. The van der Waals surface area contributed by atoms with Crippen LogP contribution in [0.1, 0.15) is 44.6 Å². The summed E-state index contributed by atoms with van der Waals surface area (Å²) in [6.07, 6.45) is 6.58. The molecule has 0 aromatic heterocycles. The Labute approximate surface area is 103 Å². The van der Waals surface area contributed by atoms with Crippen LogP contribution in [0.5, 0.6) is 5.75 Å². The second kappa shape index (κ2) is 5.85. The molecular weight excluding hydrogens is 212 g/mol. The molecule has 17 heavy (non-hydrogen) atoms. The second-order valence-corrected chi connectivity index (χ2v) is 4.75. The summed E-state index contributed by atoms with van der Waals surface area (Å²) < 4.78 is 5.41. The van der Waals surface area contributed by atoms with Crippen LogP contribution in [0.15, 0.2) is 24.3 Å². The Kier molecular flexibility index (Phi) is 4.18. The lowest BCUT2D eigenvalue weighted by atomic mass is 9.89. The molecular formula is C15H20O2. The number of esters is 1. The van der Waals surface area contributed by atoms with Crippen LogP contribution in [0.2, 0.25) is 0 Å². The van der Waals surface area contributed by atoms with Crippen LogP contribution < -0.4 is 4.74 Å². The molecule has 2 heteroatoms. The van der Waals surface area contributed by atoms with Gasteiger partial charge in [0.1, 0.15) is 5.75 Å². The zero-order chi connectivity index (χ0) is 12.1. The summed E-state index contributed by atoms with van der Waals surface area (Å²) in [4.78, 5) is 11.9. The molecule has 0 spiro atoms. The van der Waals surface area contributed by atoms with E-state index in [9.17, 15) is 4.79 Å². The normalized spacial score (nSPS) is 16.8. The maximum Gasteiger partial charge on any atom is 0.314 e. The zero-order valence-electron chi connectivity index (χ0n) is 10.4. The van der Waals surface area contributed by atoms with E-state index in [-0.39, 0.29) is 11.9 Å². The van der Waals surface area contributed by atoms with E-state index in [0.29, 0.717) is 5.75 Å². The molecule has 0 N–H and O–H groups in total. The minimum Gasteiger partial charge on any atom is -0.426 e. The van der Waals surface area contributed by atoms with Crippen LogP contribution in [0, 0.1) is 5.92 Å². The van der Waals surface area contributed by atoms with Gasteiger partial charge in [0.25, 0.3) is 0 Å². The lowest BCUT2D eigenvalue weighted by Gasteiger charge is -2.19. The summed E-state index contributed by atoms with van der Waals surface area (Å²) in [7, 11) is 0. The van der Waals surface area contributed by atoms with Crippen LogP contribution >= 0.6 is 0 Å². The number of carbonyl (C=O) groups excluding carboxylic acids is 1. The van der Waals surface area contributed by atoms with E-state index >= 15 is 0 Å². The van der Waals surface area contributed by atoms with E-state index in [1.807, 2.05) is 24.3 Å². The summed E-state index contributed by atoms with van der Waals surface area (Å²) in [5.74, 6) is 0.751. The molecule has 1 aliphatic rings. The van der Waals surface area contributed by atoms with E-state index in [1.54, 1.807) is 0 Å². The van der Waals surface area contributed by atoms with Crippen molar-refractivity contribution < 1.29 is 9.53 Å². The average molecular weight is 232 g/mol. The minimum absolute atomic E-state index is 0.0473. The number of hydrogen-bond donors (Lipinski definition) is 0. The third-order valence-corrected chi connectivity index (χ3v) is 3.49. The number of hydrogen-bond acceptors (Lipinski definition) is 2. The lowest BCUT2D eigenvalue weighted by molar-refractivity contribution is -0.139. The van der Waals surface area contributed by atoms with Crippen LogP contribution in [-0.2, 0) is 11.2 Å². The second-order valence-electron chi connectivity index (χ2n) is 4.75. The standard InChI is InChI=1S/C15H20O2/c1-2-12-8-10-14(11-9-12)17-15(16)13-6-4-3-5-7-13/h8-11,13H,2-7H2,1H3. The van der Waals surface area contributed by atoms with Crippen LogP contribution in [0.3, 0.4) is 0 Å². The highest BCUT2D eigenvalue weighted by molar-refractivity contribution is 5.75. The lowest BCUT2D eigenvalue weighted by Crippen LogP contribution is -2.22. The van der Waals surface area contributed by atoms with Crippen LogP contribution in [-0.4, -0.2) is 5.97 Å². The van der Waals surface area contributed by atoms with Gasteiger partial charge in [-0.15, -0.1) is 0 Å². The van der Waals surface area contributed by atoms with E-state index < -0.39 is 0 Å². The van der Waals surface area contributed by atoms with Crippen LogP contribution in [0.4, 0.5) is 0 Å². The Balaban J connectivity index is 1.92. The number of rotatable bonds is 3. The van der Waals surface area contributed by atoms with Gasteiger partial charge in [-0.05, 0) is 37.0 Å². The van der Waals surface area contributed by atoms with Gasteiger partial charge in [0, 0.05) is 0 Å². The van der Waals surface area contributed by atoms with Gasteiger partial charge in [-0.1, -0.05) is 38.3 Å². The monoisotopic (exact) mass is 232 g/mol. The summed E-state index contributed by atoms with van der Waals surface area (Å²) in [5.41, 5.74) is 1.27. The number of carbonyl (C=O) groups is 1. The zero-order valence-corrected chi connectivity index (χ0v) is 10.4. The molecule has 1 saturated carbocycles. The van der Waals surface area contributed by atoms with Gasteiger partial charge in [-0.2, -0.15) is 0 Å². The van der Waals surface area contributed by atoms with Crippen molar-refractivity contribution >= 4 is 5.97 Å². The molecule has 1 aliphatic carbocycles. The van der Waals surface area contributed by atoms with Crippen molar-refractivity contribution in [2.24, 2.45) is 5.92 Å². The van der Waals surface area contributed by atoms with E-state index in [2.05, 4.69) is 6.92 Å². The number of ether oxygens (including phenoxy) is 1. The molecule has 0 unspecified atom stereocenters. The molecule has 1 aromatic carbocycles. The average Bonchev–Trinajstić information content (AvgIpc) is 2.40. The first kappa shape index (κ1) is 12.2. The van der Waals surface area contributed by atoms with E-state index in [4.69, 9.17) is 4.74 Å². The Hall–Kier alpha value is -1.31. The molecule has 0 radical (unpaired) electrons. The first-order valence-corrected chi connectivity index (χ1v) is 6.60. The third kappa shape index (κ3) is 3.32. The van der Waals surface area contributed by atoms with Gasteiger partial charge < -0.3 is 4.74 Å². The summed E-state index contributed by atoms with van der Waals surface area (Å²) in [6.45, 7) is 2.11. The van der Waals surface area contributed by atoms with Gasteiger partial charge in [0.15, 0.2) is 0 Å². The highest BCUT2D eigenvalue weighted by Gasteiger charge is 2.22. The van der Waals surface area contributed by atoms with Gasteiger partial charge in [-0.25, -0.2) is 0 Å². The molecule has 1 aromatic rings. The van der Waals surface area contributed by atoms with Crippen molar-refractivity contribution in [2.45, 2.75) is 45.4 Å². The maximum atomic E-state index is 11.9. The molecule has 0 aliphatic heterocycles. The Morgan fingerprint density at radius 3 is 2.41 bits per heavy atom. The predicted octanol–water partition coefficient (Wildman–Crippen LogP) is 3.73. The third-order valence-electron chi connectivity index (χ3n) is 3.49. The molecule has 1 fully saturated rings. The van der Waals surface area contributed by atoms with Gasteiger partial charge in [0.2, 0.25) is 0 Å². The van der Waals surface area contributed by atoms with Gasteiger partial charge in [-0.3, -0.25) is 4.79 Å². The fourth-order valence-corrected chi connectivity index (χ4v) is 2.33. The van der Waals surface area contributed by atoms with Crippen molar-refractivity contribution in [2.75, 3.05) is 0 Å². The molecule has 0 bridgehead atoms. The molecule has 92 valence electrons. The topological polar surface area (TPSA) is 26.3 Å². The molecule has 2 nitrogen and oxygen atoms in total. The Morgan fingerprint density at radius 2 is 1.82 bits per heavy atom. The van der Waals surface area contributed by atoms with E-state index in [0.717, 1.165) is 32.1 Å². The smallest absolute Gasteiger partial charge is 0.314 e. The van der Waals surface area contributed by atoms with Crippen molar-refractivity contribution in [1.29, 1.82) is 0 Å². The number of aryl methyl sites for hydroxylation is 1. The van der Waals surface area contributed by atoms with Gasteiger partial charge >= 0.3 is 5.97 Å². The summed E-state index contributed by atoms with van der Waals surface area (Å²) >= 11 is 0. The van der Waals surface area contributed by atoms with Gasteiger partial charge in [0.05, 0.1) is 5.92 Å². The first-order valence-electron chi connectivity index (χ1n) is 6.60. The highest BCUT2D eigenvalue weighted by atomic mass is 16.5. The highest BCUT2D eigenvalue weighted by Crippen LogP contribution is 2.25. The van der Waals surface area contributed by atoms with Crippen LogP contribution in [0.25, 0.3) is 0 Å². The van der Waals surface area contributed by atoms with Crippen molar-refractivity contribution in [3.05, 3.63) is 29.8 Å². The fraction of sp³-hybridized carbons (Fsp3) is 0.533. The Bertz CT molecular complexity index is 361. The van der Waals surface area contributed by atoms with E-state index in [1.165, 1.54) is 12.0 Å². The largest absolute Gasteiger partial charge is 0.426 e. The SMILES string of the molecule is CCc1ccc(OC(=O)C2CCCCC2)cc1. The van der Waals surface area contributed by atoms with Crippen molar-refractivity contribution in [3.8, 4) is 5.75 Å². The fourth-order valence-electron chi connectivity index (χ4n) is 2.33. The summed E-state index contributed by atoms with van der Waals surface area (Å²) in [5, 5.41) is 0.